The zero-order chi connectivity index (χ0) is 23.8. The highest BCUT2D eigenvalue weighted by Gasteiger charge is 2.19. The van der Waals surface area contributed by atoms with Crippen molar-refractivity contribution in [2.24, 2.45) is 0 Å². The van der Waals surface area contributed by atoms with Crippen LogP contribution in [0.4, 0.5) is 5.69 Å². The van der Waals surface area contributed by atoms with Gasteiger partial charge in [-0.2, -0.15) is 0 Å². The van der Waals surface area contributed by atoms with Gasteiger partial charge in [-0.3, -0.25) is 14.0 Å². The molecule has 7 nitrogen and oxygen atoms in total. The van der Waals surface area contributed by atoms with Crippen molar-refractivity contribution in [1.82, 2.24) is 19.2 Å². The first-order valence-corrected chi connectivity index (χ1v) is 11.9. The molecule has 0 bridgehead atoms. The van der Waals surface area contributed by atoms with E-state index < -0.39 is 0 Å². The summed E-state index contributed by atoms with van der Waals surface area (Å²) in [5.41, 5.74) is 3.78. The normalized spacial score (nSPS) is 11.3. The molecule has 0 saturated carbocycles. The van der Waals surface area contributed by atoms with Crippen molar-refractivity contribution in [1.29, 1.82) is 0 Å². The second kappa shape index (κ2) is 8.96. The Labute approximate surface area is 204 Å². The van der Waals surface area contributed by atoms with Crippen LogP contribution in [0.2, 0.25) is 5.02 Å². The van der Waals surface area contributed by atoms with Gasteiger partial charge in [0, 0.05) is 10.7 Å². The summed E-state index contributed by atoms with van der Waals surface area (Å²) in [4.78, 5) is 26.1. The number of aromatic nitrogens is 4. The summed E-state index contributed by atoms with van der Waals surface area (Å²) in [7, 11) is 0. The predicted octanol–water partition coefficient (Wildman–Crippen LogP) is 5.03. The third kappa shape index (κ3) is 3.95. The van der Waals surface area contributed by atoms with E-state index in [1.165, 1.54) is 11.8 Å². The van der Waals surface area contributed by atoms with Gasteiger partial charge in [-0.25, -0.2) is 4.57 Å². The maximum atomic E-state index is 13.4. The Morgan fingerprint density at radius 1 is 1.00 bits per heavy atom. The third-order valence-electron chi connectivity index (χ3n) is 5.56. The van der Waals surface area contributed by atoms with Crippen LogP contribution in [0, 0.1) is 13.8 Å². The summed E-state index contributed by atoms with van der Waals surface area (Å²) in [6, 6.07) is 20.3. The minimum absolute atomic E-state index is 0.116. The summed E-state index contributed by atoms with van der Waals surface area (Å²) in [6.45, 7) is 3.85. The van der Waals surface area contributed by atoms with Crippen molar-refractivity contribution in [3.05, 3.63) is 93.2 Å². The van der Waals surface area contributed by atoms with Gasteiger partial charge in [0.1, 0.15) is 0 Å². The smallest absolute Gasteiger partial charge is 0.267 e. The van der Waals surface area contributed by atoms with Crippen molar-refractivity contribution in [3.63, 3.8) is 0 Å². The van der Waals surface area contributed by atoms with Crippen molar-refractivity contribution in [2.75, 3.05) is 11.1 Å². The van der Waals surface area contributed by atoms with E-state index in [-0.39, 0.29) is 17.2 Å². The molecule has 1 amide bonds. The lowest BCUT2D eigenvalue weighted by Crippen LogP contribution is -2.22. The number of benzene rings is 3. The van der Waals surface area contributed by atoms with Crippen molar-refractivity contribution in [3.8, 4) is 5.69 Å². The standard InChI is InChI=1S/C25H20ClN5O2S/c1-15-11-12-17(26)13-19(15)27-22(32)14-34-25-29-28-24-30(20-9-5-3-7-16(20)2)23(33)18-8-4-6-10-21(18)31(24)25/h3-13H,14H2,1-2H3,(H,27,32). The highest BCUT2D eigenvalue weighted by molar-refractivity contribution is 7.99. The number of hydrogen-bond donors (Lipinski definition) is 1. The molecule has 0 aliphatic rings. The van der Waals surface area contributed by atoms with E-state index in [4.69, 9.17) is 11.6 Å². The van der Waals surface area contributed by atoms with E-state index in [1.54, 1.807) is 22.8 Å². The van der Waals surface area contributed by atoms with Gasteiger partial charge in [-0.15, -0.1) is 10.2 Å². The molecule has 34 heavy (non-hydrogen) atoms. The fourth-order valence-electron chi connectivity index (χ4n) is 3.85. The van der Waals surface area contributed by atoms with Crippen molar-refractivity contribution >= 4 is 51.6 Å². The van der Waals surface area contributed by atoms with E-state index in [1.807, 2.05) is 66.8 Å². The number of rotatable bonds is 5. The van der Waals surface area contributed by atoms with Gasteiger partial charge in [0.2, 0.25) is 11.7 Å². The summed E-state index contributed by atoms with van der Waals surface area (Å²) in [6.07, 6.45) is 0. The van der Waals surface area contributed by atoms with Crippen molar-refractivity contribution in [2.45, 2.75) is 19.0 Å². The molecule has 0 aliphatic carbocycles. The quantitative estimate of drug-likeness (QED) is 0.350. The molecule has 0 saturated heterocycles. The molecule has 9 heteroatoms. The number of para-hydroxylation sites is 2. The molecule has 1 N–H and O–H groups in total. The van der Waals surface area contributed by atoms with E-state index in [0.29, 0.717) is 32.5 Å². The minimum atomic E-state index is -0.191. The van der Waals surface area contributed by atoms with Crippen molar-refractivity contribution < 1.29 is 4.79 Å². The molecule has 5 rings (SSSR count). The number of aryl methyl sites for hydroxylation is 2. The summed E-state index contributed by atoms with van der Waals surface area (Å²) >= 11 is 7.31. The number of carbonyl (C=O) groups excluding carboxylic acids is 1. The van der Waals surface area contributed by atoms with Crippen LogP contribution < -0.4 is 10.9 Å². The highest BCUT2D eigenvalue weighted by Crippen LogP contribution is 2.25. The van der Waals surface area contributed by atoms with Gasteiger partial charge in [0.25, 0.3) is 5.56 Å². The summed E-state index contributed by atoms with van der Waals surface area (Å²) in [5.74, 6) is 0.320. The van der Waals surface area contributed by atoms with Crippen LogP contribution in [-0.4, -0.2) is 30.8 Å². The molecule has 170 valence electrons. The Kier molecular flexibility index (Phi) is 5.85. The summed E-state index contributed by atoms with van der Waals surface area (Å²) < 4.78 is 3.40. The molecular weight excluding hydrogens is 470 g/mol. The van der Waals surface area contributed by atoms with Gasteiger partial charge in [-0.05, 0) is 55.3 Å². The van der Waals surface area contributed by atoms with Gasteiger partial charge in [-0.1, -0.05) is 59.8 Å². The van der Waals surface area contributed by atoms with E-state index in [0.717, 1.165) is 16.8 Å². The molecule has 0 spiro atoms. The lowest BCUT2D eigenvalue weighted by Gasteiger charge is -2.13. The van der Waals surface area contributed by atoms with Crippen LogP contribution >= 0.6 is 23.4 Å². The monoisotopic (exact) mass is 489 g/mol. The summed E-state index contributed by atoms with van der Waals surface area (Å²) in [5, 5.41) is 13.2. The molecule has 0 radical (unpaired) electrons. The van der Waals surface area contributed by atoms with E-state index >= 15 is 0 Å². The maximum Gasteiger partial charge on any atom is 0.267 e. The van der Waals surface area contributed by atoms with Gasteiger partial charge < -0.3 is 5.32 Å². The van der Waals surface area contributed by atoms with Crippen LogP contribution in [0.5, 0.6) is 0 Å². The molecule has 3 aromatic carbocycles. The van der Waals surface area contributed by atoms with Crippen LogP contribution in [-0.2, 0) is 4.79 Å². The van der Waals surface area contributed by atoms with Crippen LogP contribution in [0.25, 0.3) is 22.4 Å². The Bertz CT molecular complexity index is 1630. The first-order valence-electron chi connectivity index (χ1n) is 10.6. The first-order chi connectivity index (χ1) is 16.4. The maximum absolute atomic E-state index is 13.4. The SMILES string of the molecule is Cc1ccc(Cl)cc1NC(=O)CSc1nnc2n(-c3ccccc3C)c(=O)c3ccccc3n12. The topological polar surface area (TPSA) is 81.3 Å². The molecule has 0 fully saturated rings. The minimum Gasteiger partial charge on any atom is -0.325 e. The molecule has 2 aromatic heterocycles. The second-order valence-electron chi connectivity index (χ2n) is 7.86. The average molecular weight is 490 g/mol. The molecule has 2 heterocycles. The number of thioether (sulfide) groups is 1. The average Bonchev–Trinajstić information content (AvgIpc) is 3.25. The lowest BCUT2D eigenvalue weighted by atomic mass is 10.2. The Balaban J connectivity index is 1.56. The number of halogens is 1. The number of nitrogens with one attached hydrogen (secondary N) is 1. The number of hydrogen-bond acceptors (Lipinski definition) is 5. The third-order valence-corrected chi connectivity index (χ3v) is 6.72. The number of amides is 1. The highest BCUT2D eigenvalue weighted by atomic mass is 35.5. The molecular formula is C25H20ClN5O2S. The zero-order valence-electron chi connectivity index (χ0n) is 18.4. The fraction of sp³-hybridized carbons (Fsp3) is 0.120. The molecule has 0 atom stereocenters. The Morgan fingerprint density at radius 3 is 2.59 bits per heavy atom. The number of anilines is 1. The number of carbonyl (C=O) groups is 1. The van der Waals surface area contributed by atoms with Gasteiger partial charge in [0.05, 0.1) is 22.3 Å². The first kappa shape index (κ1) is 22.2. The van der Waals surface area contributed by atoms with Crippen LogP contribution in [0.15, 0.2) is 76.7 Å². The Morgan fingerprint density at radius 2 is 1.76 bits per heavy atom. The van der Waals surface area contributed by atoms with Crippen LogP contribution in [0.3, 0.4) is 0 Å². The lowest BCUT2D eigenvalue weighted by molar-refractivity contribution is -0.113. The largest absolute Gasteiger partial charge is 0.325 e. The van der Waals surface area contributed by atoms with Crippen LogP contribution in [0.1, 0.15) is 11.1 Å². The number of nitrogens with zero attached hydrogens (tertiary/aromatic N) is 4. The molecule has 0 aliphatic heterocycles. The van der Waals surface area contributed by atoms with E-state index in [9.17, 15) is 9.59 Å². The predicted molar refractivity (Wildman–Crippen MR) is 136 cm³/mol. The second-order valence-corrected chi connectivity index (χ2v) is 9.24. The van der Waals surface area contributed by atoms with Gasteiger partial charge in [0.15, 0.2) is 5.16 Å². The molecule has 5 aromatic rings. The fourth-order valence-corrected chi connectivity index (χ4v) is 4.76. The van der Waals surface area contributed by atoms with Gasteiger partial charge >= 0.3 is 0 Å². The van der Waals surface area contributed by atoms with E-state index in [2.05, 4.69) is 15.5 Å². The molecule has 0 unspecified atom stereocenters. The number of fused-ring (bicyclic) bond motifs is 3. The Hall–Kier alpha value is -3.62. The zero-order valence-corrected chi connectivity index (χ0v) is 20.0.